The van der Waals surface area contributed by atoms with Gasteiger partial charge in [0.1, 0.15) is 11.6 Å². The van der Waals surface area contributed by atoms with E-state index in [2.05, 4.69) is 4.90 Å². The summed E-state index contributed by atoms with van der Waals surface area (Å²) < 4.78 is 45.0. The monoisotopic (exact) mass is 435 g/mol. The Morgan fingerprint density at radius 2 is 1.63 bits per heavy atom. The summed E-state index contributed by atoms with van der Waals surface area (Å²) in [6, 6.07) is 12.4. The quantitative estimate of drug-likeness (QED) is 0.667. The van der Waals surface area contributed by atoms with E-state index >= 15 is 0 Å². The van der Waals surface area contributed by atoms with Gasteiger partial charge in [-0.1, -0.05) is 6.92 Å². The second kappa shape index (κ2) is 9.44. The molecule has 1 amide bonds. The number of halogens is 1. The number of ether oxygens (including phenoxy) is 1. The fourth-order valence-electron chi connectivity index (χ4n) is 3.38. The van der Waals surface area contributed by atoms with Crippen LogP contribution in [0, 0.1) is 5.82 Å². The summed E-state index contributed by atoms with van der Waals surface area (Å²) in [5, 5.41) is 0. The molecule has 0 unspecified atom stereocenters. The smallest absolute Gasteiger partial charge is 0.243 e. The van der Waals surface area contributed by atoms with Crippen molar-refractivity contribution in [3.05, 3.63) is 54.3 Å². The molecule has 0 bridgehead atoms. The van der Waals surface area contributed by atoms with Gasteiger partial charge in [0, 0.05) is 38.4 Å². The van der Waals surface area contributed by atoms with E-state index in [1.165, 1.54) is 12.1 Å². The number of sulfonamides is 1. The summed E-state index contributed by atoms with van der Waals surface area (Å²) in [6.45, 7) is 3.94. The van der Waals surface area contributed by atoms with Crippen molar-refractivity contribution in [3.63, 3.8) is 0 Å². The molecule has 9 heteroatoms. The molecule has 0 atom stereocenters. The fraction of sp³-hybridized carbons (Fsp3) is 0.381. The lowest BCUT2D eigenvalue weighted by atomic mass is 10.2. The molecular formula is C21H26FN3O4S. The lowest BCUT2D eigenvalue weighted by Gasteiger charge is -2.37. The van der Waals surface area contributed by atoms with Crippen molar-refractivity contribution >= 4 is 21.6 Å². The summed E-state index contributed by atoms with van der Waals surface area (Å²) in [5.41, 5.74) is 1.05. The molecule has 0 saturated carbocycles. The molecule has 2 aromatic carbocycles. The number of benzene rings is 2. The van der Waals surface area contributed by atoms with E-state index in [-0.39, 0.29) is 23.9 Å². The molecule has 0 N–H and O–H groups in total. The van der Waals surface area contributed by atoms with Crippen LogP contribution < -0.4 is 9.64 Å². The van der Waals surface area contributed by atoms with Crippen LogP contribution in [0.5, 0.6) is 5.75 Å². The first-order valence-electron chi connectivity index (χ1n) is 9.77. The standard InChI is InChI=1S/C21H26FN3O4S/c1-3-25(30(27,28)20-10-4-17(22)5-11-20)16-21(26)24-14-12-23(13-15-24)18-6-8-19(29-2)9-7-18/h4-11H,3,12-16H2,1-2H3. The normalized spacial score (nSPS) is 14.8. The van der Waals surface area contributed by atoms with Gasteiger partial charge in [-0.15, -0.1) is 0 Å². The van der Waals surface area contributed by atoms with Gasteiger partial charge in [0.25, 0.3) is 0 Å². The first-order chi connectivity index (χ1) is 14.3. The molecule has 1 aliphatic heterocycles. The second-order valence-electron chi connectivity index (χ2n) is 6.95. The minimum atomic E-state index is -3.87. The largest absolute Gasteiger partial charge is 0.497 e. The Hall–Kier alpha value is -2.65. The maximum absolute atomic E-state index is 13.1. The highest BCUT2D eigenvalue weighted by atomic mass is 32.2. The Bertz CT molecular complexity index is 957. The van der Waals surface area contributed by atoms with E-state index in [1.54, 1.807) is 18.9 Å². The molecule has 1 aliphatic rings. The minimum absolute atomic E-state index is 0.0251. The van der Waals surface area contributed by atoms with E-state index in [9.17, 15) is 17.6 Å². The predicted molar refractivity (Wildman–Crippen MR) is 113 cm³/mol. The van der Waals surface area contributed by atoms with Gasteiger partial charge in [0.05, 0.1) is 18.6 Å². The zero-order valence-corrected chi connectivity index (χ0v) is 17.9. The fourth-order valence-corrected chi connectivity index (χ4v) is 4.78. The van der Waals surface area contributed by atoms with E-state index in [4.69, 9.17) is 4.74 Å². The van der Waals surface area contributed by atoms with Crippen molar-refractivity contribution in [2.45, 2.75) is 11.8 Å². The Morgan fingerprint density at radius 1 is 1.03 bits per heavy atom. The first kappa shape index (κ1) is 22.0. The molecule has 7 nitrogen and oxygen atoms in total. The van der Waals surface area contributed by atoms with Gasteiger partial charge in [-0.3, -0.25) is 4.79 Å². The summed E-state index contributed by atoms with van der Waals surface area (Å²) in [6.07, 6.45) is 0. The number of anilines is 1. The highest BCUT2D eigenvalue weighted by Crippen LogP contribution is 2.21. The van der Waals surface area contributed by atoms with Crippen LogP contribution in [0.2, 0.25) is 0 Å². The number of hydrogen-bond acceptors (Lipinski definition) is 5. The topological polar surface area (TPSA) is 70.2 Å². The molecule has 2 aromatic rings. The SMILES string of the molecule is CCN(CC(=O)N1CCN(c2ccc(OC)cc2)CC1)S(=O)(=O)c1ccc(F)cc1. The van der Waals surface area contributed by atoms with Crippen LogP contribution in [0.4, 0.5) is 10.1 Å². The van der Waals surface area contributed by atoms with Gasteiger partial charge in [0.15, 0.2) is 0 Å². The number of piperazine rings is 1. The molecule has 0 aliphatic carbocycles. The van der Waals surface area contributed by atoms with E-state index in [1.807, 2.05) is 24.3 Å². The van der Waals surface area contributed by atoms with Crippen molar-refractivity contribution < 1.29 is 22.3 Å². The molecule has 162 valence electrons. The van der Waals surface area contributed by atoms with Crippen molar-refractivity contribution in [2.24, 2.45) is 0 Å². The predicted octanol–water partition coefficient (Wildman–Crippen LogP) is 2.19. The van der Waals surface area contributed by atoms with Crippen LogP contribution in [0.15, 0.2) is 53.4 Å². The molecule has 3 rings (SSSR count). The zero-order valence-electron chi connectivity index (χ0n) is 17.1. The van der Waals surface area contributed by atoms with Gasteiger partial charge >= 0.3 is 0 Å². The van der Waals surface area contributed by atoms with Crippen molar-refractivity contribution in [2.75, 3.05) is 51.3 Å². The summed E-state index contributed by atoms with van der Waals surface area (Å²) >= 11 is 0. The summed E-state index contributed by atoms with van der Waals surface area (Å²) in [5.74, 6) is 0.0364. The van der Waals surface area contributed by atoms with Crippen LogP contribution in [0.25, 0.3) is 0 Å². The van der Waals surface area contributed by atoms with Crippen LogP contribution >= 0.6 is 0 Å². The van der Waals surface area contributed by atoms with Gasteiger partial charge in [-0.2, -0.15) is 4.31 Å². The Morgan fingerprint density at radius 3 is 2.17 bits per heavy atom. The molecule has 1 heterocycles. The molecular weight excluding hydrogens is 409 g/mol. The number of carbonyl (C=O) groups is 1. The number of amides is 1. The summed E-state index contributed by atoms with van der Waals surface area (Å²) in [7, 11) is -2.24. The highest BCUT2D eigenvalue weighted by molar-refractivity contribution is 7.89. The molecule has 1 saturated heterocycles. The third-order valence-electron chi connectivity index (χ3n) is 5.19. The van der Waals surface area contributed by atoms with Crippen LogP contribution in [0.3, 0.4) is 0 Å². The second-order valence-corrected chi connectivity index (χ2v) is 8.89. The molecule has 1 fully saturated rings. The average Bonchev–Trinajstić information content (AvgIpc) is 2.77. The number of methoxy groups -OCH3 is 1. The maximum Gasteiger partial charge on any atom is 0.243 e. The number of hydrogen-bond donors (Lipinski definition) is 0. The number of rotatable bonds is 7. The van der Waals surface area contributed by atoms with Crippen LogP contribution in [0.1, 0.15) is 6.92 Å². The van der Waals surface area contributed by atoms with E-state index in [0.29, 0.717) is 26.2 Å². The number of likely N-dealkylation sites (N-methyl/N-ethyl adjacent to an activating group) is 1. The van der Waals surface area contributed by atoms with Gasteiger partial charge in [0.2, 0.25) is 15.9 Å². The zero-order chi connectivity index (χ0) is 21.7. The maximum atomic E-state index is 13.1. The van der Waals surface area contributed by atoms with Crippen molar-refractivity contribution in [3.8, 4) is 5.75 Å². The minimum Gasteiger partial charge on any atom is -0.497 e. The number of nitrogens with zero attached hydrogens (tertiary/aromatic N) is 3. The van der Waals surface area contributed by atoms with Crippen molar-refractivity contribution in [1.82, 2.24) is 9.21 Å². The molecule has 0 aromatic heterocycles. The number of carbonyl (C=O) groups excluding carboxylic acids is 1. The Labute approximate surface area is 176 Å². The average molecular weight is 436 g/mol. The third kappa shape index (κ3) is 4.91. The molecule has 30 heavy (non-hydrogen) atoms. The summed E-state index contributed by atoms with van der Waals surface area (Å²) in [4.78, 5) is 16.6. The van der Waals surface area contributed by atoms with E-state index < -0.39 is 15.8 Å². The Kier molecular flexibility index (Phi) is 6.94. The highest BCUT2D eigenvalue weighted by Gasteiger charge is 2.28. The molecule has 0 spiro atoms. The van der Waals surface area contributed by atoms with Gasteiger partial charge in [-0.05, 0) is 48.5 Å². The lowest BCUT2D eigenvalue weighted by molar-refractivity contribution is -0.131. The van der Waals surface area contributed by atoms with E-state index in [0.717, 1.165) is 27.9 Å². The van der Waals surface area contributed by atoms with Crippen LogP contribution in [-0.4, -0.2) is 69.9 Å². The van der Waals surface area contributed by atoms with Gasteiger partial charge in [-0.25, -0.2) is 12.8 Å². The Balaban J connectivity index is 1.60. The first-order valence-corrected chi connectivity index (χ1v) is 11.2. The van der Waals surface area contributed by atoms with Crippen molar-refractivity contribution in [1.29, 1.82) is 0 Å². The van der Waals surface area contributed by atoms with Crippen LogP contribution in [-0.2, 0) is 14.8 Å². The molecule has 0 radical (unpaired) electrons. The third-order valence-corrected chi connectivity index (χ3v) is 7.12. The van der Waals surface area contributed by atoms with Gasteiger partial charge < -0.3 is 14.5 Å². The lowest BCUT2D eigenvalue weighted by Crippen LogP contribution is -2.51.